The van der Waals surface area contributed by atoms with Crippen molar-refractivity contribution in [2.45, 2.75) is 40.5 Å². The molecule has 2 rings (SSSR count). The van der Waals surface area contributed by atoms with Gasteiger partial charge in [-0.15, -0.1) is 0 Å². The van der Waals surface area contributed by atoms with Gasteiger partial charge in [-0.25, -0.2) is 0 Å². The van der Waals surface area contributed by atoms with Gasteiger partial charge in [-0.2, -0.15) is 0 Å². The zero-order valence-electron chi connectivity index (χ0n) is 16.7. The zero-order chi connectivity index (χ0) is 20.7. The molecule has 150 valence electrons. The van der Waals surface area contributed by atoms with Crippen LogP contribution in [0.5, 0.6) is 11.5 Å². The first-order valence-electron chi connectivity index (χ1n) is 9.34. The van der Waals surface area contributed by atoms with Gasteiger partial charge in [0.15, 0.2) is 11.5 Å². The molecule has 0 aliphatic heterocycles. The lowest BCUT2D eigenvalue weighted by atomic mass is 10.0. The van der Waals surface area contributed by atoms with E-state index in [1.54, 1.807) is 12.1 Å². The van der Waals surface area contributed by atoms with Crippen molar-refractivity contribution in [1.29, 1.82) is 0 Å². The van der Waals surface area contributed by atoms with Crippen LogP contribution in [0.15, 0.2) is 30.3 Å². The van der Waals surface area contributed by atoms with Crippen molar-refractivity contribution in [3.8, 4) is 11.5 Å². The van der Waals surface area contributed by atoms with Crippen LogP contribution >= 0.6 is 0 Å². The summed E-state index contributed by atoms with van der Waals surface area (Å²) in [6.07, 6.45) is 1.53. The van der Waals surface area contributed by atoms with Crippen molar-refractivity contribution in [2.75, 3.05) is 18.5 Å². The summed E-state index contributed by atoms with van der Waals surface area (Å²) in [5, 5.41) is 14.2. The highest BCUT2D eigenvalue weighted by Crippen LogP contribution is 2.38. The quantitative estimate of drug-likeness (QED) is 0.481. The molecular weight excluding hydrogens is 360 g/mol. The van der Waals surface area contributed by atoms with E-state index >= 15 is 0 Å². The van der Waals surface area contributed by atoms with Gasteiger partial charge in [0.1, 0.15) is 5.69 Å². The molecule has 0 bridgehead atoms. The van der Waals surface area contributed by atoms with Crippen molar-refractivity contribution in [3.63, 3.8) is 0 Å². The Morgan fingerprint density at radius 3 is 2.25 bits per heavy atom. The number of carbonyl (C=O) groups is 1. The molecular formula is C21H26N2O5. The second-order valence-electron chi connectivity index (χ2n) is 6.47. The van der Waals surface area contributed by atoms with Crippen LogP contribution in [0.4, 0.5) is 11.4 Å². The van der Waals surface area contributed by atoms with E-state index in [2.05, 4.69) is 5.32 Å². The van der Waals surface area contributed by atoms with Gasteiger partial charge in [0.05, 0.1) is 24.2 Å². The lowest BCUT2D eigenvalue weighted by Gasteiger charge is -2.15. The van der Waals surface area contributed by atoms with Gasteiger partial charge >= 0.3 is 0 Å². The number of benzene rings is 2. The number of anilines is 1. The molecule has 1 amide bonds. The SMILES string of the molecule is CCCOc1cc(NC(=O)c2cccc(C)c2C)c([N+](=O)[O-])cc1OCCC. The van der Waals surface area contributed by atoms with E-state index in [0.717, 1.165) is 24.0 Å². The normalized spacial score (nSPS) is 10.4. The Balaban J connectivity index is 2.44. The third-order valence-corrected chi connectivity index (χ3v) is 4.28. The summed E-state index contributed by atoms with van der Waals surface area (Å²) >= 11 is 0. The van der Waals surface area contributed by atoms with Crippen molar-refractivity contribution in [1.82, 2.24) is 0 Å². The number of aryl methyl sites for hydroxylation is 1. The third-order valence-electron chi connectivity index (χ3n) is 4.28. The number of hydrogen-bond donors (Lipinski definition) is 1. The average molecular weight is 386 g/mol. The summed E-state index contributed by atoms with van der Waals surface area (Å²) in [6.45, 7) is 8.50. The number of rotatable bonds is 9. The highest BCUT2D eigenvalue weighted by molar-refractivity contribution is 6.06. The number of amides is 1. The minimum Gasteiger partial charge on any atom is -0.490 e. The Bertz CT molecular complexity index is 864. The fourth-order valence-electron chi connectivity index (χ4n) is 2.64. The second-order valence-corrected chi connectivity index (χ2v) is 6.47. The lowest BCUT2D eigenvalue weighted by Crippen LogP contribution is -2.15. The van der Waals surface area contributed by atoms with Crippen LogP contribution in [-0.2, 0) is 0 Å². The molecule has 2 aromatic carbocycles. The van der Waals surface area contributed by atoms with Gasteiger partial charge in [-0.1, -0.05) is 26.0 Å². The van der Waals surface area contributed by atoms with E-state index in [1.165, 1.54) is 12.1 Å². The standard InChI is InChI=1S/C21H26N2O5/c1-5-10-27-19-12-17(18(23(25)26)13-20(19)28-11-6-2)22-21(24)16-9-7-8-14(3)15(16)4/h7-9,12-13H,5-6,10-11H2,1-4H3,(H,22,24). The van der Waals surface area contributed by atoms with Crippen molar-refractivity contribution in [2.24, 2.45) is 0 Å². The van der Waals surface area contributed by atoms with Crippen molar-refractivity contribution < 1.29 is 19.2 Å². The Morgan fingerprint density at radius 2 is 1.68 bits per heavy atom. The fourth-order valence-corrected chi connectivity index (χ4v) is 2.64. The molecule has 0 saturated carbocycles. The minimum absolute atomic E-state index is 0.0749. The van der Waals surface area contributed by atoms with E-state index in [-0.39, 0.29) is 11.4 Å². The van der Waals surface area contributed by atoms with Crippen LogP contribution in [0.25, 0.3) is 0 Å². The topological polar surface area (TPSA) is 90.7 Å². The maximum Gasteiger partial charge on any atom is 0.296 e. The van der Waals surface area contributed by atoms with Crippen LogP contribution in [-0.4, -0.2) is 24.0 Å². The largest absolute Gasteiger partial charge is 0.490 e. The maximum atomic E-state index is 12.7. The van der Waals surface area contributed by atoms with Gasteiger partial charge in [-0.3, -0.25) is 14.9 Å². The number of nitrogens with zero attached hydrogens (tertiary/aromatic N) is 1. The molecule has 0 aromatic heterocycles. The van der Waals surface area contributed by atoms with Crippen molar-refractivity contribution >= 4 is 17.3 Å². The summed E-state index contributed by atoms with van der Waals surface area (Å²) in [5.74, 6) is 0.261. The molecule has 0 fully saturated rings. The first-order valence-corrected chi connectivity index (χ1v) is 9.34. The summed E-state index contributed by atoms with van der Waals surface area (Å²) in [6, 6.07) is 8.15. The average Bonchev–Trinajstić information content (AvgIpc) is 2.67. The van der Waals surface area contributed by atoms with E-state index in [4.69, 9.17) is 9.47 Å². The van der Waals surface area contributed by atoms with E-state index in [1.807, 2.05) is 33.8 Å². The third kappa shape index (κ3) is 5.00. The molecule has 0 heterocycles. The number of ether oxygens (including phenoxy) is 2. The second kappa shape index (κ2) is 9.73. The highest BCUT2D eigenvalue weighted by atomic mass is 16.6. The van der Waals surface area contributed by atoms with Crippen LogP contribution in [0.3, 0.4) is 0 Å². The van der Waals surface area contributed by atoms with Crippen LogP contribution in [0, 0.1) is 24.0 Å². The number of carbonyl (C=O) groups excluding carboxylic acids is 1. The van der Waals surface area contributed by atoms with E-state index in [0.29, 0.717) is 30.3 Å². The molecule has 0 saturated heterocycles. The number of nitro groups is 1. The smallest absolute Gasteiger partial charge is 0.296 e. The predicted molar refractivity (Wildman–Crippen MR) is 109 cm³/mol. The van der Waals surface area contributed by atoms with Gasteiger partial charge in [0.2, 0.25) is 0 Å². The summed E-state index contributed by atoms with van der Waals surface area (Å²) in [7, 11) is 0. The highest BCUT2D eigenvalue weighted by Gasteiger charge is 2.23. The van der Waals surface area contributed by atoms with Gasteiger partial charge in [0, 0.05) is 11.6 Å². The molecule has 1 N–H and O–H groups in total. The molecule has 0 aliphatic rings. The molecule has 7 heteroatoms. The summed E-state index contributed by atoms with van der Waals surface area (Å²) < 4.78 is 11.3. The molecule has 7 nitrogen and oxygen atoms in total. The fraction of sp³-hybridized carbons (Fsp3) is 0.381. The maximum absolute atomic E-state index is 12.7. The molecule has 0 unspecified atom stereocenters. The lowest BCUT2D eigenvalue weighted by molar-refractivity contribution is -0.384. The van der Waals surface area contributed by atoms with Gasteiger partial charge < -0.3 is 14.8 Å². The Kier molecular flexibility index (Phi) is 7.37. The predicted octanol–water partition coefficient (Wildman–Crippen LogP) is 5.04. The van der Waals surface area contributed by atoms with Crippen LogP contribution < -0.4 is 14.8 Å². The molecule has 0 atom stereocenters. The van der Waals surface area contributed by atoms with E-state index < -0.39 is 10.8 Å². The van der Waals surface area contributed by atoms with Gasteiger partial charge in [0.25, 0.3) is 11.6 Å². The molecule has 0 radical (unpaired) electrons. The molecule has 2 aromatic rings. The minimum atomic E-state index is -0.541. The molecule has 0 spiro atoms. The summed E-state index contributed by atoms with van der Waals surface area (Å²) in [4.78, 5) is 23.8. The zero-order valence-corrected chi connectivity index (χ0v) is 16.7. The first-order chi connectivity index (χ1) is 13.4. The van der Waals surface area contributed by atoms with Crippen LogP contribution in [0.1, 0.15) is 48.2 Å². The molecule has 0 aliphatic carbocycles. The summed E-state index contributed by atoms with van der Waals surface area (Å²) in [5.41, 5.74) is 2.10. The van der Waals surface area contributed by atoms with Crippen molar-refractivity contribution in [3.05, 3.63) is 57.1 Å². The Hall–Kier alpha value is -3.09. The number of hydrogen-bond acceptors (Lipinski definition) is 5. The first kappa shape index (κ1) is 21.2. The van der Waals surface area contributed by atoms with Gasteiger partial charge in [-0.05, 0) is 43.9 Å². The number of nitro benzene ring substituents is 1. The monoisotopic (exact) mass is 386 g/mol. The van der Waals surface area contributed by atoms with Crippen LogP contribution in [0.2, 0.25) is 0 Å². The van der Waals surface area contributed by atoms with E-state index in [9.17, 15) is 14.9 Å². The Labute approximate surface area is 164 Å². The number of nitrogens with one attached hydrogen (secondary N) is 1. The Morgan fingerprint density at radius 1 is 1.07 bits per heavy atom. The molecule has 28 heavy (non-hydrogen) atoms.